The Kier molecular flexibility index (Phi) is 4.96. The normalized spacial score (nSPS) is 11.6. The van der Waals surface area contributed by atoms with Crippen molar-refractivity contribution in [3.8, 4) is 0 Å². The summed E-state index contributed by atoms with van der Waals surface area (Å²) in [6, 6.07) is 0. The molecule has 3 nitrogen and oxygen atoms in total. The van der Waals surface area contributed by atoms with Gasteiger partial charge in [0.25, 0.3) is 0 Å². The molecule has 0 aliphatic rings. The standard InChI is InChI=1S/C10H13F3IN3/c1-3-4-15-9-8(14)6(2)16-7(17-9)5-10(11,12)13/h3-5H2,1-2H3,(H,15,16,17). The molecule has 1 rings (SSSR count). The van der Waals surface area contributed by atoms with Gasteiger partial charge in [-0.2, -0.15) is 13.2 Å². The summed E-state index contributed by atoms with van der Waals surface area (Å²) in [6.45, 7) is 4.34. The molecule has 0 aliphatic heterocycles. The molecule has 1 N–H and O–H groups in total. The summed E-state index contributed by atoms with van der Waals surface area (Å²) in [5, 5.41) is 3.00. The van der Waals surface area contributed by atoms with Gasteiger partial charge in [0.05, 0.1) is 9.26 Å². The lowest BCUT2D eigenvalue weighted by atomic mass is 10.3. The molecule has 0 bridgehead atoms. The molecule has 1 aromatic heterocycles. The van der Waals surface area contributed by atoms with Crippen LogP contribution >= 0.6 is 22.6 Å². The average molecular weight is 359 g/mol. The summed E-state index contributed by atoms with van der Waals surface area (Å²) in [4.78, 5) is 7.75. The van der Waals surface area contributed by atoms with Crippen molar-refractivity contribution in [2.24, 2.45) is 0 Å². The number of aryl methyl sites for hydroxylation is 1. The molecule has 0 fully saturated rings. The van der Waals surface area contributed by atoms with Crippen molar-refractivity contribution in [2.45, 2.75) is 32.9 Å². The molecule has 1 heterocycles. The van der Waals surface area contributed by atoms with E-state index in [-0.39, 0.29) is 5.82 Å². The van der Waals surface area contributed by atoms with Crippen LogP contribution in [-0.2, 0) is 6.42 Å². The molecular weight excluding hydrogens is 346 g/mol. The first-order valence-corrected chi connectivity index (χ1v) is 6.25. The molecule has 0 spiro atoms. The third kappa shape index (κ3) is 4.64. The van der Waals surface area contributed by atoms with Crippen molar-refractivity contribution in [2.75, 3.05) is 11.9 Å². The highest BCUT2D eigenvalue weighted by molar-refractivity contribution is 14.1. The van der Waals surface area contributed by atoms with Crippen LogP contribution in [0.25, 0.3) is 0 Å². The Bertz CT molecular complexity index is 393. The Morgan fingerprint density at radius 1 is 1.29 bits per heavy atom. The highest BCUT2D eigenvalue weighted by atomic mass is 127. The van der Waals surface area contributed by atoms with Crippen LogP contribution in [0.3, 0.4) is 0 Å². The Morgan fingerprint density at radius 3 is 2.47 bits per heavy atom. The van der Waals surface area contributed by atoms with E-state index in [1.165, 1.54) is 0 Å². The quantitative estimate of drug-likeness (QED) is 0.839. The van der Waals surface area contributed by atoms with Gasteiger partial charge in [0.15, 0.2) is 0 Å². The summed E-state index contributed by atoms with van der Waals surface area (Å²) >= 11 is 2.03. The lowest BCUT2D eigenvalue weighted by Gasteiger charge is -2.11. The van der Waals surface area contributed by atoms with Crippen molar-refractivity contribution >= 4 is 28.4 Å². The van der Waals surface area contributed by atoms with Gasteiger partial charge in [-0.25, -0.2) is 9.97 Å². The smallest absolute Gasteiger partial charge is 0.369 e. The zero-order valence-corrected chi connectivity index (χ0v) is 11.7. The van der Waals surface area contributed by atoms with Crippen molar-refractivity contribution in [1.82, 2.24) is 9.97 Å². The second-order valence-electron chi connectivity index (χ2n) is 3.61. The van der Waals surface area contributed by atoms with Gasteiger partial charge >= 0.3 is 6.18 Å². The fourth-order valence-corrected chi connectivity index (χ4v) is 1.67. The topological polar surface area (TPSA) is 37.8 Å². The number of aromatic nitrogens is 2. The monoisotopic (exact) mass is 359 g/mol. The maximum atomic E-state index is 12.3. The van der Waals surface area contributed by atoms with Gasteiger partial charge in [0, 0.05) is 6.54 Å². The zero-order chi connectivity index (χ0) is 13.1. The molecule has 0 unspecified atom stereocenters. The Morgan fingerprint density at radius 2 is 1.94 bits per heavy atom. The number of rotatable bonds is 4. The number of nitrogens with one attached hydrogen (secondary N) is 1. The number of anilines is 1. The van der Waals surface area contributed by atoms with Crippen LogP contribution in [-0.4, -0.2) is 22.7 Å². The second kappa shape index (κ2) is 5.83. The summed E-state index contributed by atoms with van der Waals surface area (Å²) in [5.41, 5.74) is 0.568. The molecule has 17 heavy (non-hydrogen) atoms. The first kappa shape index (κ1) is 14.5. The predicted molar refractivity (Wildman–Crippen MR) is 68.0 cm³/mol. The Balaban J connectivity index is 2.97. The van der Waals surface area contributed by atoms with Crippen LogP contribution in [0.2, 0.25) is 0 Å². The largest absolute Gasteiger partial charge is 0.396 e. The highest BCUT2D eigenvalue weighted by Crippen LogP contribution is 2.23. The minimum Gasteiger partial charge on any atom is -0.369 e. The van der Waals surface area contributed by atoms with E-state index in [9.17, 15) is 13.2 Å². The van der Waals surface area contributed by atoms with Gasteiger partial charge in [-0.15, -0.1) is 0 Å². The summed E-state index contributed by atoms with van der Waals surface area (Å²) in [7, 11) is 0. The first-order chi connectivity index (χ1) is 7.83. The second-order valence-corrected chi connectivity index (χ2v) is 4.69. The first-order valence-electron chi connectivity index (χ1n) is 5.17. The fourth-order valence-electron chi connectivity index (χ4n) is 1.24. The Labute approximate surface area is 111 Å². The molecule has 0 aliphatic carbocycles. The molecule has 0 saturated carbocycles. The highest BCUT2D eigenvalue weighted by Gasteiger charge is 2.30. The fraction of sp³-hybridized carbons (Fsp3) is 0.600. The summed E-state index contributed by atoms with van der Waals surface area (Å²) < 4.78 is 37.5. The lowest BCUT2D eigenvalue weighted by molar-refractivity contribution is -0.128. The zero-order valence-electron chi connectivity index (χ0n) is 9.53. The van der Waals surface area contributed by atoms with E-state index in [0.29, 0.717) is 18.1 Å². The van der Waals surface area contributed by atoms with Crippen LogP contribution in [0.4, 0.5) is 19.0 Å². The number of halogens is 4. The molecule has 0 amide bonds. The van der Waals surface area contributed by atoms with E-state index < -0.39 is 12.6 Å². The van der Waals surface area contributed by atoms with Crippen LogP contribution in [0.5, 0.6) is 0 Å². The van der Waals surface area contributed by atoms with Crippen LogP contribution in [0.15, 0.2) is 0 Å². The molecule has 96 valence electrons. The predicted octanol–water partition coefficient (Wildman–Crippen LogP) is 3.32. The molecule has 0 radical (unpaired) electrons. The van der Waals surface area contributed by atoms with Gasteiger partial charge in [-0.05, 0) is 35.9 Å². The maximum Gasteiger partial charge on any atom is 0.396 e. The van der Waals surface area contributed by atoms with Gasteiger partial charge in [0.1, 0.15) is 18.1 Å². The van der Waals surface area contributed by atoms with E-state index in [1.54, 1.807) is 6.92 Å². The third-order valence-corrected chi connectivity index (χ3v) is 3.26. The minimum atomic E-state index is -4.28. The van der Waals surface area contributed by atoms with Crippen molar-refractivity contribution < 1.29 is 13.2 Å². The van der Waals surface area contributed by atoms with Crippen LogP contribution in [0, 0.1) is 10.5 Å². The molecular formula is C10H13F3IN3. The van der Waals surface area contributed by atoms with Gasteiger partial charge in [0.2, 0.25) is 0 Å². The third-order valence-electron chi connectivity index (χ3n) is 1.96. The van der Waals surface area contributed by atoms with E-state index in [0.717, 1.165) is 9.99 Å². The lowest BCUT2D eigenvalue weighted by Crippen LogP contribution is -2.16. The van der Waals surface area contributed by atoms with Gasteiger partial charge in [-0.3, -0.25) is 0 Å². The van der Waals surface area contributed by atoms with E-state index in [2.05, 4.69) is 15.3 Å². The van der Waals surface area contributed by atoms with Gasteiger partial charge in [-0.1, -0.05) is 6.92 Å². The van der Waals surface area contributed by atoms with E-state index >= 15 is 0 Å². The number of nitrogens with zero attached hydrogens (tertiary/aromatic N) is 2. The number of hydrogen-bond acceptors (Lipinski definition) is 3. The minimum absolute atomic E-state index is 0.186. The molecule has 0 saturated heterocycles. The van der Waals surface area contributed by atoms with Crippen molar-refractivity contribution in [3.05, 3.63) is 15.1 Å². The number of alkyl halides is 3. The van der Waals surface area contributed by atoms with E-state index in [1.807, 2.05) is 29.5 Å². The van der Waals surface area contributed by atoms with Crippen LogP contribution in [0.1, 0.15) is 24.9 Å². The molecule has 0 atom stereocenters. The number of hydrogen-bond donors (Lipinski definition) is 1. The summed E-state index contributed by atoms with van der Waals surface area (Å²) in [6.07, 6.45) is -4.49. The molecule has 1 aromatic rings. The maximum absolute atomic E-state index is 12.3. The molecule has 0 aromatic carbocycles. The van der Waals surface area contributed by atoms with Crippen molar-refractivity contribution in [3.63, 3.8) is 0 Å². The van der Waals surface area contributed by atoms with Crippen molar-refractivity contribution in [1.29, 1.82) is 0 Å². The van der Waals surface area contributed by atoms with Crippen LogP contribution < -0.4 is 5.32 Å². The summed E-state index contributed by atoms with van der Waals surface area (Å²) in [5.74, 6) is 0.299. The van der Waals surface area contributed by atoms with E-state index in [4.69, 9.17) is 0 Å². The van der Waals surface area contributed by atoms with Gasteiger partial charge < -0.3 is 5.32 Å². The molecule has 7 heteroatoms. The average Bonchev–Trinajstić information content (AvgIpc) is 2.18. The SMILES string of the molecule is CCCNc1nc(CC(F)(F)F)nc(C)c1I. The Hall–Kier alpha value is -0.600.